The summed E-state index contributed by atoms with van der Waals surface area (Å²) < 4.78 is 59.0. The van der Waals surface area contributed by atoms with Gasteiger partial charge in [0.05, 0.1) is 18.1 Å². The number of nitrogens with one attached hydrogen (secondary N) is 1. The van der Waals surface area contributed by atoms with Crippen LogP contribution in [-0.4, -0.2) is 87.9 Å². The zero-order chi connectivity index (χ0) is 24.9. The van der Waals surface area contributed by atoms with E-state index in [0.29, 0.717) is 63.3 Å². The molecule has 0 aliphatic carbocycles. The van der Waals surface area contributed by atoms with Crippen molar-refractivity contribution in [1.82, 2.24) is 13.5 Å². The SMILES string of the molecule is O=S(=O)(/C=C/c1ccccc1)N1CCN(C(=S)Nc2ccc(S(=O)(=O)N3CCOCC3)cc2)CC1. The van der Waals surface area contributed by atoms with Gasteiger partial charge in [-0.1, -0.05) is 30.3 Å². The van der Waals surface area contributed by atoms with Gasteiger partial charge in [0.1, 0.15) is 0 Å². The molecule has 0 radical (unpaired) electrons. The van der Waals surface area contributed by atoms with Gasteiger partial charge in [0, 0.05) is 50.4 Å². The number of nitrogens with zero attached hydrogens (tertiary/aromatic N) is 3. The fourth-order valence-corrected chi connectivity index (χ4v) is 6.69. The normalized spacial score (nSPS) is 18.6. The third-order valence-corrected chi connectivity index (χ3v) is 9.67. The van der Waals surface area contributed by atoms with Crippen molar-refractivity contribution in [1.29, 1.82) is 0 Å². The summed E-state index contributed by atoms with van der Waals surface area (Å²) in [5.74, 6) is 0. The molecule has 0 amide bonds. The summed E-state index contributed by atoms with van der Waals surface area (Å²) in [5.41, 5.74) is 1.49. The van der Waals surface area contributed by atoms with Gasteiger partial charge in [-0.15, -0.1) is 0 Å². The molecule has 4 rings (SSSR count). The summed E-state index contributed by atoms with van der Waals surface area (Å²) >= 11 is 5.50. The smallest absolute Gasteiger partial charge is 0.243 e. The third kappa shape index (κ3) is 6.46. The first-order chi connectivity index (χ1) is 16.8. The van der Waals surface area contributed by atoms with E-state index in [4.69, 9.17) is 17.0 Å². The van der Waals surface area contributed by atoms with Crippen molar-refractivity contribution in [3.05, 3.63) is 65.6 Å². The molecule has 2 aliphatic rings. The minimum absolute atomic E-state index is 0.221. The van der Waals surface area contributed by atoms with Crippen LogP contribution in [0.5, 0.6) is 0 Å². The average molecular weight is 537 g/mol. The van der Waals surface area contributed by atoms with Crippen LogP contribution in [0.25, 0.3) is 6.08 Å². The van der Waals surface area contributed by atoms with Gasteiger partial charge in [0.15, 0.2) is 5.11 Å². The standard InChI is InChI=1S/C23H28N4O5S3/c28-34(29,19-10-20-4-2-1-3-5-20)26-13-11-25(12-14-26)23(33)24-21-6-8-22(9-7-21)35(30,31)27-15-17-32-18-16-27/h1-10,19H,11-18H2,(H,24,33)/b19-10+. The van der Waals surface area contributed by atoms with Crippen LogP contribution in [0.4, 0.5) is 5.69 Å². The molecule has 2 aromatic carbocycles. The maximum Gasteiger partial charge on any atom is 0.243 e. The third-order valence-electron chi connectivity index (χ3n) is 5.83. The zero-order valence-corrected chi connectivity index (χ0v) is 21.6. The number of ether oxygens (including phenoxy) is 1. The van der Waals surface area contributed by atoms with Crippen molar-refractivity contribution in [2.45, 2.75) is 4.90 Å². The molecule has 12 heteroatoms. The molecule has 0 saturated carbocycles. The van der Waals surface area contributed by atoms with Crippen LogP contribution < -0.4 is 5.32 Å². The molecule has 2 aromatic rings. The highest BCUT2D eigenvalue weighted by atomic mass is 32.2. The summed E-state index contributed by atoms with van der Waals surface area (Å²) in [6.07, 6.45) is 1.59. The Bertz CT molecular complexity index is 1250. The van der Waals surface area contributed by atoms with Crippen molar-refractivity contribution >= 4 is 49.1 Å². The fraction of sp³-hybridized carbons (Fsp3) is 0.348. The molecule has 9 nitrogen and oxygen atoms in total. The number of morpholine rings is 1. The summed E-state index contributed by atoms with van der Waals surface area (Å²) in [6.45, 7) is 3.02. The predicted octanol–water partition coefficient (Wildman–Crippen LogP) is 2.02. The van der Waals surface area contributed by atoms with Gasteiger partial charge >= 0.3 is 0 Å². The molecule has 35 heavy (non-hydrogen) atoms. The van der Waals surface area contributed by atoms with Crippen LogP contribution in [0.15, 0.2) is 64.9 Å². The minimum atomic E-state index is -3.56. The van der Waals surface area contributed by atoms with E-state index in [9.17, 15) is 16.8 Å². The van der Waals surface area contributed by atoms with Crippen LogP contribution in [0.1, 0.15) is 5.56 Å². The maximum absolute atomic E-state index is 12.8. The van der Waals surface area contributed by atoms with Crippen LogP contribution in [0.2, 0.25) is 0 Å². The molecule has 0 aromatic heterocycles. The molecular weight excluding hydrogens is 508 g/mol. The minimum Gasteiger partial charge on any atom is -0.379 e. The molecule has 0 spiro atoms. The monoisotopic (exact) mass is 536 g/mol. The molecule has 0 atom stereocenters. The first-order valence-electron chi connectivity index (χ1n) is 11.2. The molecular formula is C23H28N4O5S3. The predicted molar refractivity (Wildman–Crippen MR) is 140 cm³/mol. The Morgan fingerprint density at radius 2 is 1.46 bits per heavy atom. The van der Waals surface area contributed by atoms with Crippen LogP contribution >= 0.6 is 12.2 Å². The number of thiocarbonyl (C=S) groups is 1. The van der Waals surface area contributed by atoms with Crippen LogP contribution in [0, 0.1) is 0 Å². The number of piperazine rings is 1. The Kier molecular flexibility index (Phi) is 8.19. The van der Waals surface area contributed by atoms with Crippen molar-refractivity contribution in [2.75, 3.05) is 57.8 Å². The zero-order valence-electron chi connectivity index (χ0n) is 19.1. The summed E-state index contributed by atoms with van der Waals surface area (Å²) in [5, 5.41) is 4.82. The highest BCUT2D eigenvalue weighted by Gasteiger charge is 2.27. The lowest BCUT2D eigenvalue weighted by molar-refractivity contribution is 0.0730. The largest absolute Gasteiger partial charge is 0.379 e. The molecule has 2 fully saturated rings. The van der Waals surface area contributed by atoms with E-state index in [-0.39, 0.29) is 4.90 Å². The van der Waals surface area contributed by atoms with Gasteiger partial charge in [-0.05, 0) is 48.1 Å². The van der Waals surface area contributed by atoms with E-state index in [1.165, 1.54) is 14.0 Å². The highest BCUT2D eigenvalue weighted by Crippen LogP contribution is 2.20. The van der Waals surface area contributed by atoms with Gasteiger partial charge in [0.25, 0.3) is 0 Å². The lowest BCUT2D eigenvalue weighted by Crippen LogP contribution is -2.51. The number of rotatable bonds is 6. The van der Waals surface area contributed by atoms with E-state index in [1.54, 1.807) is 30.3 Å². The summed E-state index contributed by atoms with van der Waals surface area (Å²) in [4.78, 5) is 2.12. The summed E-state index contributed by atoms with van der Waals surface area (Å²) in [6, 6.07) is 15.7. The second-order valence-electron chi connectivity index (χ2n) is 8.12. The Labute approximate surface area is 212 Å². The number of sulfonamides is 2. The van der Waals surface area contributed by atoms with Gasteiger partial charge in [0.2, 0.25) is 20.0 Å². The Hall–Kier alpha value is -2.35. The summed E-state index contributed by atoms with van der Waals surface area (Å²) in [7, 11) is -7.08. The van der Waals surface area contributed by atoms with Gasteiger partial charge in [-0.2, -0.15) is 8.61 Å². The van der Waals surface area contributed by atoms with E-state index < -0.39 is 20.0 Å². The van der Waals surface area contributed by atoms with Crippen molar-refractivity contribution in [3.63, 3.8) is 0 Å². The molecule has 2 aliphatic heterocycles. The van der Waals surface area contributed by atoms with Crippen LogP contribution in [0.3, 0.4) is 0 Å². The molecule has 188 valence electrons. The molecule has 2 heterocycles. The molecule has 1 N–H and O–H groups in total. The fourth-order valence-electron chi connectivity index (χ4n) is 3.81. The lowest BCUT2D eigenvalue weighted by atomic mass is 10.2. The quantitative estimate of drug-likeness (QED) is 0.560. The van der Waals surface area contributed by atoms with E-state index in [0.717, 1.165) is 5.56 Å². The first-order valence-corrected chi connectivity index (χ1v) is 14.6. The highest BCUT2D eigenvalue weighted by molar-refractivity contribution is 7.92. The number of anilines is 1. The molecule has 0 unspecified atom stereocenters. The van der Waals surface area contributed by atoms with Crippen molar-refractivity contribution in [3.8, 4) is 0 Å². The lowest BCUT2D eigenvalue weighted by Gasteiger charge is -2.35. The van der Waals surface area contributed by atoms with E-state index >= 15 is 0 Å². The maximum atomic E-state index is 12.8. The van der Waals surface area contributed by atoms with Crippen LogP contribution in [-0.2, 0) is 24.8 Å². The van der Waals surface area contributed by atoms with Crippen molar-refractivity contribution < 1.29 is 21.6 Å². The van der Waals surface area contributed by atoms with E-state index in [1.807, 2.05) is 35.2 Å². The average Bonchev–Trinajstić information content (AvgIpc) is 2.89. The van der Waals surface area contributed by atoms with Gasteiger partial charge < -0.3 is 15.0 Å². The Morgan fingerprint density at radius 1 is 0.829 bits per heavy atom. The number of hydrogen-bond acceptors (Lipinski definition) is 6. The van der Waals surface area contributed by atoms with E-state index in [2.05, 4.69) is 5.32 Å². The Balaban J connectivity index is 1.31. The second-order valence-corrected chi connectivity index (χ2v) is 12.3. The molecule has 0 bridgehead atoms. The topological polar surface area (TPSA) is 99.3 Å². The van der Waals surface area contributed by atoms with Crippen molar-refractivity contribution in [2.24, 2.45) is 0 Å². The number of benzene rings is 2. The van der Waals surface area contributed by atoms with Gasteiger partial charge in [-0.3, -0.25) is 0 Å². The second kappa shape index (κ2) is 11.1. The molecule has 2 saturated heterocycles. The number of hydrogen-bond donors (Lipinski definition) is 1. The van der Waals surface area contributed by atoms with Gasteiger partial charge in [-0.25, -0.2) is 16.8 Å². The first kappa shape index (κ1) is 25.7. The Morgan fingerprint density at radius 3 is 2.09 bits per heavy atom.